The largest absolute Gasteiger partial charge is 0.454 e. The molecule has 0 unspecified atom stereocenters. The van der Waals surface area contributed by atoms with Crippen molar-refractivity contribution < 1.29 is 19.1 Å². The molecular formula is C29H27N9O4. The van der Waals surface area contributed by atoms with Crippen LogP contribution < -0.4 is 15.2 Å². The number of carbonyl (C=O) groups is 2. The lowest BCUT2D eigenvalue weighted by Gasteiger charge is -2.32. The van der Waals surface area contributed by atoms with Gasteiger partial charge in [-0.15, -0.1) is 0 Å². The van der Waals surface area contributed by atoms with E-state index in [1.54, 1.807) is 24.2 Å². The zero-order valence-corrected chi connectivity index (χ0v) is 22.8. The number of amides is 1. The summed E-state index contributed by atoms with van der Waals surface area (Å²) in [7, 11) is 0. The fourth-order valence-electron chi connectivity index (χ4n) is 5.59. The summed E-state index contributed by atoms with van der Waals surface area (Å²) in [4.78, 5) is 41.3. The zero-order chi connectivity index (χ0) is 28.8. The van der Waals surface area contributed by atoms with Gasteiger partial charge in [0.05, 0.1) is 23.1 Å². The molecule has 2 aliphatic heterocycles. The van der Waals surface area contributed by atoms with Crippen LogP contribution in [0.3, 0.4) is 0 Å². The summed E-state index contributed by atoms with van der Waals surface area (Å²) in [5.74, 6) is 1.53. The minimum Gasteiger partial charge on any atom is -0.454 e. The van der Waals surface area contributed by atoms with Crippen LogP contribution in [0.4, 0.5) is 5.82 Å². The molecule has 0 bridgehead atoms. The van der Waals surface area contributed by atoms with Crippen LogP contribution in [0.5, 0.6) is 11.5 Å². The van der Waals surface area contributed by atoms with Crippen LogP contribution in [0.2, 0.25) is 0 Å². The van der Waals surface area contributed by atoms with Crippen LogP contribution in [0.15, 0.2) is 49.1 Å². The first kappa shape index (κ1) is 25.6. The van der Waals surface area contributed by atoms with Gasteiger partial charge in [-0.2, -0.15) is 14.7 Å². The van der Waals surface area contributed by atoms with Crippen molar-refractivity contribution in [2.45, 2.75) is 32.1 Å². The topological polar surface area (TPSA) is 167 Å². The average molecular weight is 566 g/mol. The first-order valence-corrected chi connectivity index (χ1v) is 13.7. The number of fused-ring (bicyclic) bond motifs is 2. The van der Waals surface area contributed by atoms with E-state index >= 15 is 0 Å². The van der Waals surface area contributed by atoms with Crippen molar-refractivity contribution in [2.75, 3.05) is 25.6 Å². The van der Waals surface area contributed by atoms with E-state index < -0.39 is 0 Å². The lowest BCUT2D eigenvalue weighted by Crippen LogP contribution is -2.39. The van der Waals surface area contributed by atoms with E-state index in [1.807, 2.05) is 30.3 Å². The lowest BCUT2D eigenvalue weighted by molar-refractivity contribution is 0.0699. The van der Waals surface area contributed by atoms with Gasteiger partial charge in [-0.05, 0) is 37.1 Å². The molecule has 0 radical (unpaired) electrons. The molecule has 0 atom stereocenters. The highest BCUT2D eigenvalue weighted by molar-refractivity contribution is 6.02. The molecule has 3 N–H and O–H groups in total. The number of piperidine rings is 1. The second kappa shape index (κ2) is 10.3. The number of nitrogens with zero attached hydrogens (tertiary/aromatic N) is 7. The Balaban J connectivity index is 1.21. The van der Waals surface area contributed by atoms with Gasteiger partial charge in [-0.25, -0.2) is 9.97 Å². The second-order valence-electron chi connectivity index (χ2n) is 10.2. The normalized spacial score (nSPS) is 14.9. The Hall–Kier alpha value is -5.33. The predicted molar refractivity (Wildman–Crippen MR) is 151 cm³/mol. The third-order valence-corrected chi connectivity index (χ3v) is 7.84. The minimum atomic E-state index is -0.200. The molecule has 13 nitrogen and oxygen atoms in total. The third-order valence-electron chi connectivity index (χ3n) is 7.84. The Labute approximate surface area is 239 Å². The molecule has 1 saturated heterocycles. The van der Waals surface area contributed by atoms with E-state index in [0.29, 0.717) is 54.3 Å². The molecule has 1 amide bonds. The SMILES string of the molecule is CCC(=O)c1c(C2CCN(C(=O)c3ncn[nH]3)CC2)nc2c(-c3ccc(-c4ccc5c(c4)OCO5)nc3)cnn2c1N. The Morgan fingerprint density at radius 3 is 2.60 bits per heavy atom. The Morgan fingerprint density at radius 2 is 1.86 bits per heavy atom. The number of anilines is 1. The summed E-state index contributed by atoms with van der Waals surface area (Å²) in [6, 6.07) is 9.61. The van der Waals surface area contributed by atoms with Crippen molar-refractivity contribution in [3.63, 3.8) is 0 Å². The van der Waals surface area contributed by atoms with E-state index in [0.717, 1.165) is 22.4 Å². The monoisotopic (exact) mass is 565 g/mol. The van der Waals surface area contributed by atoms with Crippen LogP contribution >= 0.6 is 0 Å². The number of ether oxygens (including phenoxy) is 2. The smallest absolute Gasteiger partial charge is 0.291 e. The predicted octanol–water partition coefficient (Wildman–Crippen LogP) is 3.50. The van der Waals surface area contributed by atoms with Gasteiger partial charge < -0.3 is 20.1 Å². The van der Waals surface area contributed by atoms with Gasteiger partial charge in [-0.1, -0.05) is 13.0 Å². The average Bonchev–Trinajstić information content (AvgIpc) is 3.81. The van der Waals surface area contributed by atoms with Crippen molar-refractivity contribution in [3.8, 4) is 33.9 Å². The maximum Gasteiger partial charge on any atom is 0.291 e. The van der Waals surface area contributed by atoms with E-state index in [-0.39, 0.29) is 42.5 Å². The molecule has 2 aliphatic rings. The van der Waals surface area contributed by atoms with Crippen molar-refractivity contribution in [1.29, 1.82) is 0 Å². The molecule has 7 rings (SSSR count). The van der Waals surface area contributed by atoms with Gasteiger partial charge in [0.25, 0.3) is 5.91 Å². The number of ketones is 1. The van der Waals surface area contributed by atoms with Gasteiger partial charge in [-0.3, -0.25) is 19.7 Å². The number of nitrogens with two attached hydrogens (primary N) is 1. The van der Waals surface area contributed by atoms with Gasteiger partial charge in [0.2, 0.25) is 12.6 Å². The number of nitrogen functional groups attached to an aromatic ring is 1. The minimum absolute atomic E-state index is 0.0594. The number of nitrogens with one attached hydrogen (secondary N) is 1. The standard InChI is InChI=1S/C29H27N9O4/c1-2-21(39)24-25(16-7-9-37(10-8-16)29(40)27-32-14-33-36-27)35-28-19(13-34-38(28)26(24)30)18-3-5-20(31-12-18)17-4-6-22-23(11-17)42-15-41-22/h3-6,11-14,16H,2,7-10,15,30H2,1H3,(H,32,33,36). The van der Waals surface area contributed by atoms with Crippen LogP contribution in [-0.2, 0) is 0 Å². The Bertz CT molecular complexity index is 1810. The molecule has 4 aromatic heterocycles. The van der Waals surface area contributed by atoms with Gasteiger partial charge in [0.15, 0.2) is 22.9 Å². The number of aromatic nitrogens is 7. The summed E-state index contributed by atoms with van der Waals surface area (Å²) in [6.07, 6.45) is 6.32. The van der Waals surface area contributed by atoms with Gasteiger partial charge in [0.1, 0.15) is 12.1 Å². The van der Waals surface area contributed by atoms with Crippen molar-refractivity contribution in [3.05, 3.63) is 66.1 Å². The molecule has 42 heavy (non-hydrogen) atoms. The summed E-state index contributed by atoms with van der Waals surface area (Å²) in [5, 5.41) is 10.9. The van der Waals surface area contributed by atoms with E-state index in [4.69, 9.17) is 20.2 Å². The molecule has 13 heteroatoms. The molecular weight excluding hydrogens is 538 g/mol. The van der Waals surface area contributed by atoms with E-state index in [2.05, 4.69) is 25.3 Å². The highest BCUT2D eigenvalue weighted by atomic mass is 16.7. The maximum atomic E-state index is 13.1. The Kier molecular flexibility index (Phi) is 6.26. The van der Waals surface area contributed by atoms with Crippen molar-refractivity contribution in [1.82, 2.24) is 39.7 Å². The first-order valence-electron chi connectivity index (χ1n) is 13.7. The molecule has 1 aromatic carbocycles. The first-order chi connectivity index (χ1) is 20.5. The highest BCUT2D eigenvalue weighted by Crippen LogP contribution is 2.37. The summed E-state index contributed by atoms with van der Waals surface area (Å²) >= 11 is 0. The second-order valence-corrected chi connectivity index (χ2v) is 10.2. The molecule has 212 valence electrons. The molecule has 6 heterocycles. The van der Waals surface area contributed by atoms with Crippen molar-refractivity contribution in [2.24, 2.45) is 0 Å². The number of hydrogen-bond donors (Lipinski definition) is 2. The molecule has 0 aliphatic carbocycles. The number of rotatable bonds is 6. The number of likely N-dealkylation sites (tertiary alicyclic amines) is 1. The van der Waals surface area contributed by atoms with Crippen LogP contribution in [0.25, 0.3) is 28.0 Å². The number of Topliss-reactive ketones (excluding diaryl/α,β-unsaturated/α-hetero) is 1. The van der Waals surface area contributed by atoms with E-state index in [1.165, 1.54) is 10.8 Å². The number of hydrogen-bond acceptors (Lipinski definition) is 10. The summed E-state index contributed by atoms with van der Waals surface area (Å²) in [6.45, 7) is 3.00. The Morgan fingerprint density at radius 1 is 1.05 bits per heavy atom. The molecule has 0 spiro atoms. The highest BCUT2D eigenvalue weighted by Gasteiger charge is 2.31. The van der Waals surface area contributed by atoms with E-state index in [9.17, 15) is 9.59 Å². The number of aromatic amines is 1. The van der Waals surface area contributed by atoms with Crippen LogP contribution in [0, 0.1) is 0 Å². The van der Waals surface area contributed by atoms with Crippen molar-refractivity contribution >= 4 is 23.2 Å². The number of H-pyrrole nitrogens is 1. The number of benzene rings is 1. The molecule has 0 saturated carbocycles. The van der Waals surface area contributed by atoms with Crippen LogP contribution in [0.1, 0.15) is 58.8 Å². The summed E-state index contributed by atoms with van der Waals surface area (Å²) in [5.41, 5.74) is 11.4. The lowest BCUT2D eigenvalue weighted by atomic mass is 9.88. The maximum absolute atomic E-state index is 13.1. The quantitative estimate of drug-likeness (QED) is 0.291. The van der Waals surface area contributed by atoms with Gasteiger partial charge in [0, 0.05) is 48.3 Å². The fraction of sp³-hybridized carbons (Fsp3) is 0.276. The number of carbonyl (C=O) groups excluding carboxylic acids is 2. The zero-order valence-electron chi connectivity index (χ0n) is 22.8. The fourth-order valence-corrected chi connectivity index (χ4v) is 5.59. The molecule has 1 fully saturated rings. The third kappa shape index (κ3) is 4.29. The summed E-state index contributed by atoms with van der Waals surface area (Å²) < 4.78 is 12.4. The molecule has 5 aromatic rings. The van der Waals surface area contributed by atoms with Crippen LogP contribution in [-0.4, -0.2) is 71.2 Å². The van der Waals surface area contributed by atoms with Gasteiger partial charge >= 0.3 is 0 Å². The number of pyridine rings is 1.